The van der Waals surface area contributed by atoms with Crippen molar-refractivity contribution in [3.8, 4) is 0 Å². The Morgan fingerprint density at radius 3 is 3.00 bits per heavy atom. The zero-order valence-corrected chi connectivity index (χ0v) is 8.80. The molecule has 15 heavy (non-hydrogen) atoms. The summed E-state index contributed by atoms with van der Waals surface area (Å²) in [6, 6.07) is 0. The second-order valence-corrected chi connectivity index (χ2v) is 6.26. The lowest BCUT2D eigenvalue weighted by molar-refractivity contribution is -0.0890. The highest BCUT2D eigenvalue weighted by Crippen LogP contribution is 2.77. The van der Waals surface area contributed by atoms with E-state index in [0.717, 1.165) is 18.3 Å². The van der Waals surface area contributed by atoms with E-state index in [9.17, 15) is 5.11 Å². The summed E-state index contributed by atoms with van der Waals surface area (Å²) in [5.74, 6) is 2.74. The minimum Gasteiger partial charge on any atom is -0.390 e. The predicted octanol–water partition coefficient (Wildman–Crippen LogP) is 0.558. The van der Waals surface area contributed by atoms with Gasteiger partial charge in [-0.05, 0) is 24.2 Å². The first-order chi connectivity index (χ1) is 7.23. The molecule has 1 spiro atoms. The molecule has 0 aromatic carbocycles. The van der Waals surface area contributed by atoms with Gasteiger partial charge in [-0.3, -0.25) is 0 Å². The largest absolute Gasteiger partial charge is 0.390 e. The van der Waals surface area contributed by atoms with E-state index in [1.165, 1.54) is 6.42 Å². The van der Waals surface area contributed by atoms with Gasteiger partial charge in [-0.2, -0.15) is 0 Å². The average molecular weight is 208 g/mol. The standard InChI is InChI=1S/C12H16O3/c1-4-2-5-8-7-3-6(13)10(14-7)9(8)12(5)11(4)15-12/h4-11,13H,2-3H2,1H3. The molecule has 2 aliphatic carbocycles. The minimum atomic E-state index is -0.215. The molecular weight excluding hydrogens is 192 g/mol. The minimum absolute atomic E-state index is 0.103. The number of ether oxygens (including phenoxy) is 2. The number of fused-ring (bicyclic) bond motifs is 6. The van der Waals surface area contributed by atoms with Gasteiger partial charge in [0.15, 0.2) is 0 Å². The van der Waals surface area contributed by atoms with Crippen molar-refractivity contribution in [3.05, 3.63) is 0 Å². The summed E-state index contributed by atoms with van der Waals surface area (Å²) in [5, 5.41) is 9.88. The molecule has 0 amide bonds. The first-order valence-corrected chi connectivity index (χ1v) is 6.25. The van der Waals surface area contributed by atoms with E-state index in [1.54, 1.807) is 0 Å². The van der Waals surface area contributed by atoms with E-state index < -0.39 is 0 Å². The van der Waals surface area contributed by atoms with Crippen molar-refractivity contribution in [1.82, 2.24) is 0 Å². The molecule has 3 saturated heterocycles. The van der Waals surface area contributed by atoms with Crippen LogP contribution < -0.4 is 0 Å². The fourth-order valence-corrected chi connectivity index (χ4v) is 5.42. The van der Waals surface area contributed by atoms with E-state index in [1.807, 2.05) is 0 Å². The molecule has 2 bridgehead atoms. The maximum Gasteiger partial charge on any atom is 0.104 e. The molecule has 3 nitrogen and oxygen atoms in total. The molecule has 9 atom stereocenters. The molecule has 0 aromatic heterocycles. The van der Waals surface area contributed by atoms with Crippen LogP contribution in [0.1, 0.15) is 19.8 Å². The van der Waals surface area contributed by atoms with E-state index in [4.69, 9.17) is 9.47 Å². The van der Waals surface area contributed by atoms with Crippen LogP contribution in [-0.4, -0.2) is 35.1 Å². The Bertz CT molecular complexity index is 357. The molecule has 1 N–H and O–H groups in total. The molecular formula is C12H16O3. The van der Waals surface area contributed by atoms with Crippen LogP contribution in [0, 0.1) is 23.7 Å². The quantitative estimate of drug-likeness (QED) is 0.591. The third kappa shape index (κ3) is 0.605. The van der Waals surface area contributed by atoms with Gasteiger partial charge in [0, 0.05) is 12.3 Å². The molecule has 82 valence electrons. The van der Waals surface area contributed by atoms with Gasteiger partial charge in [-0.15, -0.1) is 0 Å². The Hall–Kier alpha value is -0.120. The molecule has 0 aromatic rings. The molecule has 3 heteroatoms. The molecule has 9 unspecified atom stereocenters. The van der Waals surface area contributed by atoms with Crippen LogP contribution >= 0.6 is 0 Å². The van der Waals surface area contributed by atoms with Crippen molar-refractivity contribution in [2.24, 2.45) is 23.7 Å². The molecule has 0 radical (unpaired) electrons. The number of aliphatic hydroxyl groups excluding tert-OH is 1. The van der Waals surface area contributed by atoms with E-state index >= 15 is 0 Å². The van der Waals surface area contributed by atoms with E-state index in [0.29, 0.717) is 24.0 Å². The van der Waals surface area contributed by atoms with Gasteiger partial charge >= 0.3 is 0 Å². The highest BCUT2D eigenvalue weighted by molar-refractivity contribution is 5.33. The average Bonchev–Trinajstić information content (AvgIpc) is 2.70. The normalized spacial score (nSPS) is 77.2. The van der Waals surface area contributed by atoms with Gasteiger partial charge in [0.1, 0.15) is 5.60 Å². The maximum atomic E-state index is 9.88. The highest BCUT2D eigenvalue weighted by Gasteiger charge is 2.86. The Morgan fingerprint density at radius 1 is 1.33 bits per heavy atom. The highest BCUT2D eigenvalue weighted by atomic mass is 16.6. The molecule has 5 fully saturated rings. The Labute approximate surface area is 88.7 Å². The van der Waals surface area contributed by atoms with Gasteiger partial charge in [0.25, 0.3) is 0 Å². The number of epoxide rings is 1. The molecule has 3 aliphatic heterocycles. The smallest absolute Gasteiger partial charge is 0.104 e. The number of hydrogen-bond donors (Lipinski definition) is 1. The zero-order valence-electron chi connectivity index (χ0n) is 8.80. The molecule has 5 aliphatic rings. The summed E-state index contributed by atoms with van der Waals surface area (Å²) in [7, 11) is 0. The third-order valence-electron chi connectivity index (χ3n) is 5.81. The third-order valence-corrected chi connectivity index (χ3v) is 5.81. The fourth-order valence-electron chi connectivity index (χ4n) is 5.42. The van der Waals surface area contributed by atoms with Crippen molar-refractivity contribution in [3.63, 3.8) is 0 Å². The van der Waals surface area contributed by atoms with Crippen LogP contribution in [0.25, 0.3) is 0 Å². The zero-order chi connectivity index (χ0) is 9.95. The summed E-state index contributed by atoms with van der Waals surface area (Å²) in [5.41, 5.74) is 0.172. The lowest BCUT2D eigenvalue weighted by Crippen LogP contribution is -2.60. The van der Waals surface area contributed by atoms with Crippen LogP contribution in [0.2, 0.25) is 0 Å². The summed E-state index contributed by atoms with van der Waals surface area (Å²) in [4.78, 5) is 0. The molecule has 3 heterocycles. The van der Waals surface area contributed by atoms with Crippen molar-refractivity contribution < 1.29 is 14.6 Å². The van der Waals surface area contributed by atoms with Crippen molar-refractivity contribution in [2.45, 2.75) is 49.8 Å². The first kappa shape index (κ1) is 8.04. The fraction of sp³-hybridized carbons (Fsp3) is 1.00. The van der Waals surface area contributed by atoms with Gasteiger partial charge < -0.3 is 14.6 Å². The number of hydrogen-bond acceptors (Lipinski definition) is 3. The summed E-state index contributed by atoms with van der Waals surface area (Å²) in [6.07, 6.45) is 2.94. The predicted molar refractivity (Wildman–Crippen MR) is 51.1 cm³/mol. The monoisotopic (exact) mass is 208 g/mol. The second kappa shape index (κ2) is 2.01. The van der Waals surface area contributed by atoms with E-state index in [2.05, 4.69) is 6.92 Å². The van der Waals surface area contributed by atoms with Gasteiger partial charge in [-0.25, -0.2) is 0 Å². The Kier molecular flexibility index (Phi) is 1.08. The van der Waals surface area contributed by atoms with Crippen LogP contribution in [0.3, 0.4) is 0 Å². The Balaban J connectivity index is 1.59. The topological polar surface area (TPSA) is 42.0 Å². The van der Waals surface area contributed by atoms with Crippen molar-refractivity contribution in [2.75, 3.05) is 0 Å². The van der Waals surface area contributed by atoms with Crippen LogP contribution in [0.15, 0.2) is 0 Å². The lowest BCUT2D eigenvalue weighted by atomic mass is 9.52. The SMILES string of the molecule is CC1CC2C3C4CC(O)C(O4)C3C23OC13. The first-order valence-electron chi connectivity index (χ1n) is 6.25. The number of rotatable bonds is 0. The summed E-state index contributed by atoms with van der Waals surface area (Å²) >= 11 is 0. The molecule has 5 rings (SSSR count). The van der Waals surface area contributed by atoms with Crippen molar-refractivity contribution >= 4 is 0 Å². The van der Waals surface area contributed by atoms with Crippen molar-refractivity contribution in [1.29, 1.82) is 0 Å². The second-order valence-electron chi connectivity index (χ2n) is 6.26. The van der Waals surface area contributed by atoms with E-state index in [-0.39, 0.29) is 17.8 Å². The number of aliphatic hydroxyl groups is 1. The van der Waals surface area contributed by atoms with Gasteiger partial charge in [0.05, 0.1) is 24.4 Å². The van der Waals surface area contributed by atoms with Gasteiger partial charge in [-0.1, -0.05) is 6.92 Å². The Morgan fingerprint density at radius 2 is 2.20 bits per heavy atom. The van der Waals surface area contributed by atoms with Gasteiger partial charge in [0.2, 0.25) is 0 Å². The summed E-state index contributed by atoms with van der Waals surface area (Å²) < 4.78 is 11.9. The molecule has 2 saturated carbocycles. The maximum absolute atomic E-state index is 9.88. The van der Waals surface area contributed by atoms with Crippen LogP contribution in [-0.2, 0) is 9.47 Å². The van der Waals surface area contributed by atoms with Crippen LogP contribution in [0.5, 0.6) is 0 Å². The summed E-state index contributed by atoms with van der Waals surface area (Å²) in [6.45, 7) is 2.31. The lowest BCUT2D eigenvalue weighted by Gasteiger charge is -2.50. The van der Waals surface area contributed by atoms with Crippen LogP contribution in [0.4, 0.5) is 0 Å².